The van der Waals surface area contributed by atoms with Gasteiger partial charge < -0.3 is 16.0 Å². The molecule has 0 saturated heterocycles. The Labute approximate surface area is 97.2 Å². The van der Waals surface area contributed by atoms with Crippen LogP contribution in [0.5, 0.6) is 0 Å². The van der Waals surface area contributed by atoms with Crippen molar-refractivity contribution in [3.63, 3.8) is 0 Å². The molecule has 0 bridgehead atoms. The van der Waals surface area contributed by atoms with Crippen molar-refractivity contribution in [3.8, 4) is 0 Å². The van der Waals surface area contributed by atoms with E-state index < -0.39 is 0 Å². The average molecular weight is 231 g/mol. The highest BCUT2D eigenvalue weighted by atomic mass is 32.1. The Morgan fingerprint density at radius 2 is 1.93 bits per heavy atom. The van der Waals surface area contributed by atoms with Gasteiger partial charge >= 0.3 is 0 Å². The molecule has 0 spiro atoms. The highest BCUT2D eigenvalue weighted by Crippen LogP contribution is 1.86. The number of rotatable bonds is 6. The van der Waals surface area contributed by atoms with Gasteiger partial charge in [0.1, 0.15) is 0 Å². The molecular formula is C10H21N3OS. The SMILES string of the molecule is CCCNC(=O)CNC(=S)NCC(C)C. The number of thiocarbonyl (C=S) groups is 1. The molecular weight excluding hydrogens is 210 g/mol. The van der Waals surface area contributed by atoms with Gasteiger partial charge in [-0.2, -0.15) is 0 Å². The quantitative estimate of drug-likeness (QED) is 0.587. The number of carbonyl (C=O) groups is 1. The summed E-state index contributed by atoms with van der Waals surface area (Å²) in [4.78, 5) is 11.2. The number of hydrogen-bond acceptors (Lipinski definition) is 2. The minimum atomic E-state index is -0.0226. The molecule has 0 radical (unpaired) electrons. The van der Waals surface area contributed by atoms with Gasteiger partial charge in [-0.1, -0.05) is 20.8 Å². The fourth-order valence-corrected chi connectivity index (χ4v) is 1.00. The summed E-state index contributed by atoms with van der Waals surface area (Å²) >= 11 is 5.00. The predicted molar refractivity (Wildman–Crippen MR) is 66.7 cm³/mol. The van der Waals surface area contributed by atoms with Crippen molar-refractivity contribution in [2.45, 2.75) is 27.2 Å². The first kappa shape index (κ1) is 14.2. The van der Waals surface area contributed by atoms with E-state index in [1.54, 1.807) is 0 Å². The van der Waals surface area contributed by atoms with Crippen molar-refractivity contribution in [1.29, 1.82) is 0 Å². The van der Waals surface area contributed by atoms with Crippen LogP contribution in [0.1, 0.15) is 27.2 Å². The van der Waals surface area contributed by atoms with Gasteiger partial charge in [0.05, 0.1) is 6.54 Å². The summed E-state index contributed by atoms with van der Waals surface area (Å²) in [5.41, 5.74) is 0. The molecule has 3 N–H and O–H groups in total. The number of hydrogen-bond donors (Lipinski definition) is 3. The molecule has 0 rings (SSSR count). The van der Waals surface area contributed by atoms with Gasteiger partial charge in [-0.25, -0.2) is 0 Å². The topological polar surface area (TPSA) is 53.2 Å². The molecule has 0 unspecified atom stereocenters. The van der Waals surface area contributed by atoms with Gasteiger partial charge in [0.2, 0.25) is 5.91 Å². The maximum atomic E-state index is 11.2. The Balaban J connectivity index is 3.49. The normalized spacial score (nSPS) is 9.87. The molecule has 0 aromatic rings. The third kappa shape index (κ3) is 9.46. The predicted octanol–water partition coefficient (Wildman–Crippen LogP) is 0.633. The van der Waals surface area contributed by atoms with Crippen molar-refractivity contribution in [2.24, 2.45) is 5.92 Å². The van der Waals surface area contributed by atoms with Crippen molar-refractivity contribution in [3.05, 3.63) is 0 Å². The van der Waals surface area contributed by atoms with E-state index in [2.05, 4.69) is 29.8 Å². The lowest BCUT2D eigenvalue weighted by Gasteiger charge is -2.11. The Morgan fingerprint density at radius 3 is 2.47 bits per heavy atom. The highest BCUT2D eigenvalue weighted by Gasteiger charge is 2.01. The van der Waals surface area contributed by atoms with E-state index in [4.69, 9.17) is 12.2 Å². The summed E-state index contributed by atoms with van der Waals surface area (Å²) in [5, 5.41) is 9.19. The zero-order valence-electron chi connectivity index (χ0n) is 9.72. The van der Waals surface area contributed by atoms with E-state index in [1.807, 2.05) is 6.92 Å². The van der Waals surface area contributed by atoms with Crippen LogP contribution >= 0.6 is 12.2 Å². The van der Waals surface area contributed by atoms with Crippen LogP contribution in [-0.2, 0) is 4.79 Å². The van der Waals surface area contributed by atoms with E-state index in [-0.39, 0.29) is 12.5 Å². The van der Waals surface area contributed by atoms with Gasteiger partial charge in [0.15, 0.2) is 5.11 Å². The fraction of sp³-hybridized carbons (Fsp3) is 0.800. The lowest BCUT2D eigenvalue weighted by atomic mass is 10.2. The van der Waals surface area contributed by atoms with E-state index in [0.717, 1.165) is 13.0 Å². The summed E-state index contributed by atoms with van der Waals surface area (Å²) in [7, 11) is 0. The maximum Gasteiger partial charge on any atom is 0.239 e. The van der Waals surface area contributed by atoms with Crippen LogP contribution in [0.4, 0.5) is 0 Å². The maximum absolute atomic E-state index is 11.2. The summed E-state index contributed by atoms with van der Waals surface area (Å²) in [6, 6.07) is 0. The Morgan fingerprint density at radius 1 is 1.27 bits per heavy atom. The van der Waals surface area contributed by atoms with Gasteiger partial charge in [0.25, 0.3) is 0 Å². The van der Waals surface area contributed by atoms with E-state index in [0.29, 0.717) is 17.6 Å². The zero-order chi connectivity index (χ0) is 11.7. The second kappa shape index (κ2) is 8.47. The van der Waals surface area contributed by atoms with Crippen LogP contribution in [-0.4, -0.2) is 30.7 Å². The molecule has 88 valence electrons. The summed E-state index contributed by atoms with van der Waals surface area (Å²) in [6.45, 7) is 7.99. The second-order valence-corrected chi connectivity index (χ2v) is 4.22. The Hall–Kier alpha value is -0.840. The molecule has 0 fully saturated rings. The number of nitrogens with one attached hydrogen (secondary N) is 3. The zero-order valence-corrected chi connectivity index (χ0v) is 10.5. The van der Waals surface area contributed by atoms with Crippen LogP contribution in [0.15, 0.2) is 0 Å². The lowest BCUT2D eigenvalue weighted by Crippen LogP contribution is -2.42. The third-order valence-electron chi connectivity index (χ3n) is 1.65. The van der Waals surface area contributed by atoms with Crippen molar-refractivity contribution in [1.82, 2.24) is 16.0 Å². The minimum absolute atomic E-state index is 0.0226. The number of amides is 1. The largest absolute Gasteiger partial charge is 0.362 e. The van der Waals surface area contributed by atoms with E-state index in [1.165, 1.54) is 0 Å². The molecule has 0 aliphatic heterocycles. The number of carbonyl (C=O) groups excluding carboxylic acids is 1. The van der Waals surface area contributed by atoms with Gasteiger partial charge in [0, 0.05) is 13.1 Å². The molecule has 0 heterocycles. The Bertz CT molecular complexity index is 207. The fourth-order valence-electron chi connectivity index (χ4n) is 0.847. The third-order valence-corrected chi connectivity index (χ3v) is 1.94. The van der Waals surface area contributed by atoms with Gasteiger partial charge in [-0.15, -0.1) is 0 Å². The van der Waals surface area contributed by atoms with Crippen molar-refractivity contribution >= 4 is 23.2 Å². The molecule has 1 amide bonds. The van der Waals surface area contributed by atoms with E-state index >= 15 is 0 Å². The summed E-state index contributed by atoms with van der Waals surface area (Å²) in [6.07, 6.45) is 0.946. The standard InChI is InChI=1S/C10H21N3OS/c1-4-5-11-9(14)7-13-10(15)12-6-8(2)3/h8H,4-7H2,1-3H3,(H,11,14)(H2,12,13,15). The first-order valence-corrected chi connectivity index (χ1v) is 5.75. The minimum Gasteiger partial charge on any atom is -0.362 e. The monoisotopic (exact) mass is 231 g/mol. The van der Waals surface area contributed by atoms with Gasteiger partial charge in [-0.05, 0) is 24.6 Å². The molecule has 0 aromatic heterocycles. The van der Waals surface area contributed by atoms with Crippen LogP contribution in [0.3, 0.4) is 0 Å². The Kier molecular flexibility index (Phi) is 7.99. The highest BCUT2D eigenvalue weighted by molar-refractivity contribution is 7.80. The lowest BCUT2D eigenvalue weighted by molar-refractivity contribution is -0.119. The molecule has 0 aliphatic carbocycles. The molecule has 0 aromatic carbocycles. The average Bonchev–Trinajstić information content (AvgIpc) is 2.20. The van der Waals surface area contributed by atoms with Crippen LogP contribution < -0.4 is 16.0 Å². The van der Waals surface area contributed by atoms with E-state index in [9.17, 15) is 4.79 Å². The second-order valence-electron chi connectivity index (χ2n) is 3.81. The first-order chi connectivity index (χ1) is 7.06. The molecule has 4 nitrogen and oxygen atoms in total. The van der Waals surface area contributed by atoms with Crippen molar-refractivity contribution in [2.75, 3.05) is 19.6 Å². The molecule has 0 atom stereocenters. The van der Waals surface area contributed by atoms with Gasteiger partial charge in [-0.3, -0.25) is 4.79 Å². The summed E-state index contributed by atoms with van der Waals surface area (Å²) in [5.74, 6) is 0.518. The molecule has 15 heavy (non-hydrogen) atoms. The first-order valence-electron chi connectivity index (χ1n) is 5.34. The molecule has 0 saturated carbocycles. The molecule has 0 aliphatic rings. The molecule has 5 heteroatoms. The van der Waals surface area contributed by atoms with Crippen LogP contribution in [0.25, 0.3) is 0 Å². The summed E-state index contributed by atoms with van der Waals surface area (Å²) < 4.78 is 0. The van der Waals surface area contributed by atoms with Crippen LogP contribution in [0, 0.1) is 5.92 Å². The smallest absolute Gasteiger partial charge is 0.239 e. The van der Waals surface area contributed by atoms with Crippen molar-refractivity contribution < 1.29 is 4.79 Å². The van der Waals surface area contributed by atoms with Crippen LogP contribution in [0.2, 0.25) is 0 Å².